The summed E-state index contributed by atoms with van der Waals surface area (Å²) in [6.45, 7) is 1.97. The third-order valence-electron chi connectivity index (χ3n) is 8.15. The molecule has 0 aliphatic heterocycles. The molecular formula is C35H27FN4O3. The van der Waals surface area contributed by atoms with E-state index < -0.39 is 11.4 Å². The number of furan rings is 1. The topological polar surface area (TPSA) is 111 Å². The molecule has 43 heavy (non-hydrogen) atoms. The number of carbonyl (C=O) groups is 2. The molecule has 6 aromatic rings. The zero-order valence-electron chi connectivity index (χ0n) is 23.4. The van der Waals surface area contributed by atoms with E-state index in [2.05, 4.69) is 10.3 Å². The average molecular weight is 571 g/mol. The van der Waals surface area contributed by atoms with Crippen molar-refractivity contribution in [2.24, 2.45) is 5.73 Å². The number of nitrogens with zero attached hydrogens (tertiary/aromatic N) is 2. The Labute approximate surface area is 246 Å². The largest absolute Gasteiger partial charge is 0.460 e. The number of aromatic nitrogens is 2. The van der Waals surface area contributed by atoms with Crippen molar-refractivity contribution >= 4 is 33.8 Å². The normalized spacial score (nSPS) is 13.7. The maximum atomic E-state index is 13.5. The van der Waals surface area contributed by atoms with Gasteiger partial charge in [0.15, 0.2) is 5.65 Å². The fraction of sp³-hybridized carbons (Fsp3) is 0.143. The van der Waals surface area contributed by atoms with Crippen molar-refractivity contribution in [1.29, 1.82) is 0 Å². The first kappa shape index (κ1) is 26.5. The molecule has 3 N–H and O–H groups in total. The quantitative estimate of drug-likeness (QED) is 0.225. The van der Waals surface area contributed by atoms with Gasteiger partial charge in [0.2, 0.25) is 0 Å². The third kappa shape index (κ3) is 4.91. The number of hydrogen-bond donors (Lipinski definition) is 2. The molecule has 0 bridgehead atoms. The number of aryl methyl sites for hydroxylation is 1. The number of carbonyl (C=O) groups excluding carboxylic acids is 2. The SMILES string of the molecule is Cc1ccc(C(=O)NC2(c3ccc4cccnc4n3)CC2)cc1-c1ccc2oc(Cc3ccc(F)cc3)c(C(N)=O)c2c1. The van der Waals surface area contributed by atoms with Crippen LogP contribution in [0, 0.1) is 12.7 Å². The fourth-order valence-corrected chi connectivity index (χ4v) is 5.65. The van der Waals surface area contributed by atoms with Gasteiger partial charge in [0.05, 0.1) is 16.8 Å². The lowest BCUT2D eigenvalue weighted by atomic mass is 9.95. The summed E-state index contributed by atoms with van der Waals surface area (Å²) in [5.74, 6) is -0.715. The van der Waals surface area contributed by atoms with Gasteiger partial charge in [-0.1, -0.05) is 24.3 Å². The van der Waals surface area contributed by atoms with Crippen LogP contribution in [-0.2, 0) is 12.0 Å². The molecule has 7 nitrogen and oxygen atoms in total. The highest BCUT2D eigenvalue weighted by molar-refractivity contribution is 6.07. The second-order valence-electron chi connectivity index (χ2n) is 11.1. The van der Waals surface area contributed by atoms with E-state index in [1.54, 1.807) is 24.4 Å². The Morgan fingerprint density at radius 2 is 1.81 bits per heavy atom. The average Bonchev–Trinajstić information content (AvgIpc) is 3.70. The van der Waals surface area contributed by atoms with Crippen molar-refractivity contribution in [2.75, 3.05) is 0 Å². The molecule has 3 aromatic carbocycles. The molecule has 3 heterocycles. The van der Waals surface area contributed by atoms with Crippen LogP contribution in [0.15, 0.2) is 95.5 Å². The van der Waals surface area contributed by atoms with Crippen molar-refractivity contribution in [2.45, 2.75) is 31.7 Å². The van der Waals surface area contributed by atoms with Crippen LogP contribution in [-0.4, -0.2) is 21.8 Å². The molecule has 3 aromatic heterocycles. The van der Waals surface area contributed by atoms with Gasteiger partial charge in [-0.15, -0.1) is 0 Å². The maximum Gasteiger partial charge on any atom is 0.252 e. The summed E-state index contributed by atoms with van der Waals surface area (Å²) in [4.78, 5) is 35.2. The minimum atomic E-state index is -0.606. The van der Waals surface area contributed by atoms with Crippen molar-refractivity contribution in [3.63, 3.8) is 0 Å². The lowest BCUT2D eigenvalue weighted by molar-refractivity contribution is 0.0929. The van der Waals surface area contributed by atoms with Gasteiger partial charge in [-0.05, 0) is 103 Å². The van der Waals surface area contributed by atoms with Crippen LogP contribution in [0.4, 0.5) is 4.39 Å². The zero-order chi connectivity index (χ0) is 29.7. The third-order valence-corrected chi connectivity index (χ3v) is 8.15. The number of fused-ring (bicyclic) bond motifs is 2. The fourth-order valence-electron chi connectivity index (χ4n) is 5.65. The van der Waals surface area contributed by atoms with Crippen LogP contribution in [0.2, 0.25) is 0 Å². The number of primary amides is 1. The Morgan fingerprint density at radius 1 is 1.00 bits per heavy atom. The Kier molecular flexibility index (Phi) is 6.27. The van der Waals surface area contributed by atoms with Gasteiger partial charge in [0, 0.05) is 29.0 Å². The lowest BCUT2D eigenvalue weighted by Gasteiger charge is -2.18. The second-order valence-corrected chi connectivity index (χ2v) is 11.1. The molecule has 1 aliphatic carbocycles. The van der Waals surface area contributed by atoms with E-state index in [-0.39, 0.29) is 11.7 Å². The number of halogens is 1. The van der Waals surface area contributed by atoms with Gasteiger partial charge in [-0.25, -0.2) is 14.4 Å². The molecule has 0 radical (unpaired) electrons. The second kappa shape index (κ2) is 10.2. The first-order valence-electron chi connectivity index (χ1n) is 14.1. The molecule has 2 amide bonds. The molecule has 212 valence electrons. The van der Waals surface area contributed by atoms with Crippen molar-refractivity contribution in [3.05, 3.63) is 131 Å². The Bertz CT molecular complexity index is 2060. The molecule has 1 aliphatic rings. The van der Waals surface area contributed by atoms with E-state index in [1.807, 2.05) is 61.5 Å². The van der Waals surface area contributed by atoms with Gasteiger partial charge in [-0.2, -0.15) is 0 Å². The van der Waals surface area contributed by atoms with E-state index in [0.717, 1.165) is 46.2 Å². The standard InChI is InChI=1S/C35H27FN4O3/c1-20-4-7-24(34(42)40-35(14-15-35)30-13-9-22-3-2-16-38-33(22)39-30)19-26(20)23-8-12-28-27(18-23)31(32(37)41)29(43-28)17-21-5-10-25(36)11-6-21/h2-13,16,18-19H,14-15,17H2,1H3,(H2,37,41)(H,40,42). The minimum absolute atomic E-state index is 0.189. The zero-order valence-corrected chi connectivity index (χ0v) is 23.4. The maximum absolute atomic E-state index is 13.5. The Balaban J connectivity index is 1.20. The molecule has 1 fully saturated rings. The van der Waals surface area contributed by atoms with E-state index >= 15 is 0 Å². The Hall–Kier alpha value is -5.37. The van der Waals surface area contributed by atoms with Gasteiger partial charge in [-0.3, -0.25) is 9.59 Å². The van der Waals surface area contributed by atoms with E-state index in [0.29, 0.717) is 39.9 Å². The summed E-state index contributed by atoms with van der Waals surface area (Å²) in [6.07, 6.45) is 3.61. The number of benzene rings is 3. The lowest BCUT2D eigenvalue weighted by Crippen LogP contribution is -2.35. The minimum Gasteiger partial charge on any atom is -0.460 e. The predicted octanol–water partition coefficient (Wildman–Crippen LogP) is 6.60. The molecule has 0 atom stereocenters. The van der Waals surface area contributed by atoms with E-state index in [4.69, 9.17) is 15.1 Å². The molecular weight excluding hydrogens is 543 g/mol. The van der Waals surface area contributed by atoms with Crippen LogP contribution in [0.5, 0.6) is 0 Å². The Morgan fingerprint density at radius 3 is 2.58 bits per heavy atom. The van der Waals surface area contributed by atoms with Crippen LogP contribution in [0.1, 0.15) is 56.1 Å². The number of nitrogens with one attached hydrogen (secondary N) is 1. The molecule has 0 unspecified atom stereocenters. The summed E-state index contributed by atoms with van der Waals surface area (Å²) in [5.41, 5.74) is 11.5. The number of pyridine rings is 2. The van der Waals surface area contributed by atoms with Gasteiger partial charge >= 0.3 is 0 Å². The van der Waals surface area contributed by atoms with E-state index in [1.165, 1.54) is 12.1 Å². The summed E-state index contributed by atoms with van der Waals surface area (Å²) in [5, 5.41) is 4.76. The summed E-state index contributed by atoms with van der Waals surface area (Å²) in [6, 6.07) is 25.0. The number of nitrogens with two attached hydrogens (primary N) is 1. The first-order valence-corrected chi connectivity index (χ1v) is 14.1. The number of hydrogen-bond acceptors (Lipinski definition) is 5. The van der Waals surface area contributed by atoms with Gasteiger partial charge < -0.3 is 15.5 Å². The van der Waals surface area contributed by atoms with Gasteiger partial charge in [0.1, 0.15) is 17.2 Å². The van der Waals surface area contributed by atoms with E-state index in [9.17, 15) is 14.0 Å². The number of rotatable bonds is 7. The highest BCUT2D eigenvalue weighted by atomic mass is 19.1. The molecule has 1 saturated carbocycles. The molecule has 0 saturated heterocycles. The smallest absolute Gasteiger partial charge is 0.252 e. The van der Waals surface area contributed by atoms with Crippen molar-refractivity contribution < 1.29 is 18.4 Å². The molecule has 8 heteroatoms. The van der Waals surface area contributed by atoms with Crippen molar-refractivity contribution in [3.8, 4) is 11.1 Å². The highest BCUT2D eigenvalue weighted by Crippen LogP contribution is 2.45. The van der Waals surface area contributed by atoms with Crippen molar-refractivity contribution in [1.82, 2.24) is 15.3 Å². The highest BCUT2D eigenvalue weighted by Gasteiger charge is 2.47. The summed E-state index contributed by atoms with van der Waals surface area (Å²) >= 11 is 0. The number of amides is 2. The van der Waals surface area contributed by atoms with Gasteiger partial charge in [0.25, 0.3) is 11.8 Å². The summed E-state index contributed by atoms with van der Waals surface area (Å²) < 4.78 is 19.4. The van der Waals surface area contributed by atoms with Crippen LogP contribution < -0.4 is 11.1 Å². The van der Waals surface area contributed by atoms with Crippen LogP contribution in [0.25, 0.3) is 33.1 Å². The molecule has 7 rings (SSSR count). The summed E-state index contributed by atoms with van der Waals surface area (Å²) in [7, 11) is 0. The van der Waals surface area contributed by atoms with Crippen LogP contribution >= 0.6 is 0 Å². The predicted molar refractivity (Wildman–Crippen MR) is 162 cm³/mol. The monoisotopic (exact) mass is 570 g/mol. The first-order chi connectivity index (χ1) is 20.8. The molecule has 0 spiro atoms. The van der Waals surface area contributed by atoms with Crippen LogP contribution in [0.3, 0.4) is 0 Å².